The Kier molecular flexibility index (Phi) is 6.16. The summed E-state index contributed by atoms with van der Waals surface area (Å²) in [5.41, 5.74) is 1.66. The number of benzene rings is 2. The lowest BCUT2D eigenvalue weighted by Crippen LogP contribution is -2.56. The van der Waals surface area contributed by atoms with Crippen LogP contribution in [-0.2, 0) is 19.7 Å². The minimum Gasteiger partial charge on any atom is -0.359 e. The highest BCUT2D eigenvalue weighted by Crippen LogP contribution is 2.48. The van der Waals surface area contributed by atoms with Gasteiger partial charge in [-0.1, -0.05) is 47.5 Å². The number of carbonyl (C=O) groups is 1. The summed E-state index contributed by atoms with van der Waals surface area (Å²) in [6.07, 6.45) is 2.30. The molecule has 0 aromatic heterocycles. The van der Waals surface area contributed by atoms with E-state index in [1.165, 1.54) is 5.56 Å². The van der Waals surface area contributed by atoms with Crippen molar-refractivity contribution in [2.45, 2.75) is 36.7 Å². The molecule has 0 spiro atoms. The molecule has 29 heavy (non-hydrogen) atoms. The van der Waals surface area contributed by atoms with Crippen LogP contribution in [0.5, 0.6) is 0 Å². The molecule has 2 aromatic rings. The molecule has 1 heterocycles. The zero-order valence-electron chi connectivity index (χ0n) is 16.4. The van der Waals surface area contributed by atoms with Gasteiger partial charge in [0, 0.05) is 36.2 Å². The summed E-state index contributed by atoms with van der Waals surface area (Å²) in [5, 5.41) is 1.41. The molecule has 154 valence electrons. The van der Waals surface area contributed by atoms with E-state index in [1.54, 1.807) is 7.11 Å². The Morgan fingerprint density at radius 1 is 1.14 bits per heavy atom. The van der Waals surface area contributed by atoms with Crippen molar-refractivity contribution in [2.75, 3.05) is 27.0 Å². The fraction of sp³-hybridized carbons (Fsp3) is 0.435. The third-order valence-corrected chi connectivity index (χ3v) is 6.66. The molecule has 1 aliphatic carbocycles. The van der Waals surface area contributed by atoms with Gasteiger partial charge < -0.3 is 14.4 Å². The maximum Gasteiger partial charge on any atom is 0.233 e. The molecular formula is C23H25Cl2NO3. The largest absolute Gasteiger partial charge is 0.359 e. The summed E-state index contributed by atoms with van der Waals surface area (Å²) in [6.45, 7) is 1.73. The van der Waals surface area contributed by atoms with Crippen LogP contribution in [0, 0.1) is 0 Å². The van der Waals surface area contributed by atoms with Gasteiger partial charge in [-0.15, -0.1) is 0 Å². The predicted octanol–water partition coefficient (Wildman–Crippen LogP) is 5.03. The first-order valence-electron chi connectivity index (χ1n) is 9.93. The number of rotatable bonds is 6. The lowest BCUT2D eigenvalue weighted by Gasteiger charge is -2.48. The van der Waals surface area contributed by atoms with Gasteiger partial charge in [0.25, 0.3) is 0 Å². The first-order chi connectivity index (χ1) is 14.0. The second-order valence-electron chi connectivity index (χ2n) is 7.98. The van der Waals surface area contributed by atoms with Crippen molar-refractivity contribution in [3.05, 3.63) is 69.7 Å². The molecule has 1 aliphatic heterocycles. The zero-order chi connectivity index (χ0) is 20.4. The summed E-state index contributed by atoms with van der Waals surface area (Å²) in [7, 11) is 1.61. The number of carbonyl (C=O) groups excluding carboxylic acids is 1. The fourth-order valence-electron chi connectivity index (χ4n) is 4.58. The molecule has 1 saturated heterocycles. The maximum absolute atomic E-state index is 13.7. The van der Waals surface area contributed by atoms with Crippen LogP contribution in [0.15, 0.2) is 48.5 Å². The van der Waals surface area contributed by atoms with E-state index in [4.69, 9.17) is 32.7 Å². The van der Waals surface area contributed by atoms with E-state index in [0.717, 1.165) is 30.1 Å². The molecule has 0 radical (unpaired) electrons. The Bertz CT molecular complexity index is 865. The van der Waals surface area contributed by atoms with E-state index < -0.39 is 5.41 Å². The van der Waals surface area contributed by atoms with Crippen LogP contribution in [0.25, 0.3) is 0 Å². The minimum atomic E-state index is -0.549. The normalized spacial score (nSPS) is 26.4. The number of halogens is 2. The topological polar surface area (TPSA) is 38.8 Å². The van der Waals surface area contributed by atoms with E-state index >= 15 is 0 Å². The Hall–Kier alpha value is -1.59. The van der Waals surface area contributed by atoms with Crippen LogP contribution in [0.3, 0.4) is 0 Å². The molecule has 2 aromatic carbocycles. The van der Waals surface area contributed by atoms with Gasteiger partial charge in [0.1, 0.15) is 6.79 Å². The van der Waals surface area contributed by atoms with Crippen molar-refractivity contribution >= 4 is 29.1 Å². The summed E-state index contributed by atoms with van der Waals surface area (Å²) >= 11 is 12.2. The van der Waals surface area contributed by atoms with Gasteiger partial charge in [0.15, 0.2) is 0 Å². The number of nitrogens with zero attached hydrogens (tertiary/aromatic N) is 1. The number of likely N-dealkylation sites (tertiary alicyclic amines) is 1. The molecule has 0 bridgehead atoms. The maximum atomic E-state index is 13.7. The van der Waals surface area contributed by atoms with Gasteiger partial charge in [-0.3, -0.25) is 4.79 Å². The molecule has 1 atom stereocenters. The third-order valence-electron chi connectivity index (χ3n) is 6.18. The van der Waals surface area contributed by atoms with Crippen molar-refractivity contribution in [3.63, 3.8) is 0 Å². The Morgan fingerprint density at radius 2 is 1.90 bits per heavy atom. The number of hydrogen-bond acceptors (Lipinski definition) is 3. The van der Waals surface area contributed by atoms with E-state index in [9.17, 15) is 4.79 Å². The monoisotopic (exact) mass is 433 g/mol. The molecule has 6 heteroatoms. The first kappa shape index (κ1) is 20.7. The molecule has 0 N–H and O–H groups in total. The second kappa shape index (κ2) is 8.65. The lowest BCUT2D eigenvalue weighted by atomic mass is 9.61. The van der Waals surface area contributed by atoms with Crippen LogP contribution in [0.1, 0.15) is 36.3 Å². The number of methoxy groups -OCH3 is 1. The molecule has 4 nitrogen and oxygen atoms in total. The van der Waals surface area contributed by atoms with Crippen LogP contribution in [0.2, 0.25) is 10.0 Å². The quantitative estimate of drug-likeness (QED) is 0.599. The van der Waals surface area contributed by atoms with Crippen molar-refractivity contribution in [3.8, 4) is 0 Å². The molecular weight excluding hydrogens is 409 g/mol. The van der Waals surface area contributed by atoms with Crippen LogP contribution in [0.4, 0.5) is 0 Å². The molecule has 1 amide bonds. The minimum absolute atomic E-state index is 0.0286. The summed E-state index contributed by atoms with van der Waals surface area (Å²) in [6, 6.07) is 15.6. The highest BCUT2D eigenvalue weighted by Gasteiger charge is 2.54. The number of hydrogen-bond donors (Lipinski definition) is 0. The SMILES string of the molecule is COCOC1CC(C(=O)N2CCC(c3cccc(Cl)c3)C2)(c2ccc(Cl)cc2)C1. The Balaban J connectivity index is 1.52. The molecule has 4 rings (SSSR count). The number of ether oxygens (including phenoxy) is 2. The highest BCUT2D eigenvalue weighted by atomic mass is 35.5. The molecule has 1 saturated carbocycles. The van der Waals surface area contributed by atoms with Gasteiger partial charge in [-0.25, -0.2) is 0 Å². The fourth-order valence-corrected chi connectivity index (χ4v) is 4.91. The highest BCUT2D eigenvalue weighted by molar-refractivity contribution is 6.30. The van der Waals surface area contributed by atoms with Crippen molar-refractivity contribution < 1.29 is 14.3 Å². The van der Waals surface area contributed by atoms with Crippen LogP contribution >= 0.6 is 23.2 Å². The van der Waals surface area contributed by atoms with E-state index in [-0.39, 0.29) is 18.8 Å². The Labute approximate surface area is 181 Å². The average Bonchev–Trinajstić information content (AvgIpc) is 3.18. The van der Waals surface area contributed by atoms with E-state index in [1.807, 2.05) is 47.4 Å². The van der Waals surface area contributed by atoms with Crippen LogP contribution < -0.4 is 0 Å². The smallest absolute Gasteiger partial charge is 0.233 e. The molecule has 2 fully saturated rings. The number of amides is 1. The van der Waals surface area contributed by atoms with Gasteiger partial charge >= 0.3 is 0 Å². The Morgan fingerprint density at radius 3 is 2.59 bits per heavy atom. The summed E-state index contributed by atoms with van der Waals surface area (Å²) < 4.78 is 10.7. The van der Waals surface area contributed by atoms with Crippen molar-refractivity contribution in [1.29, 1.82) is 0 Å². The van der Waals surface area contributed by atoms with E-state index in [2.05, 4.69) is 6.07 Å². The summed E-state index contributed by atoms with van der Waals surface area (Å²) in [4.78, 5) is 15.7. The van der Waals surface area contributed by atoms with Crippen molar-refractivity contribution in [1.82, 2.24) is 4.90 Å². The van der Waals surface area contributed by atoms with E-state index in [0.29, 0.717) is 23.8 Å². The van der Waals surface area contributed by atoms with Gasteiger partial charge in [0.2, 0.25) is 5.91 Å². The first-order valence-corrected chi connectivity index (χ1v) is 10.7. The average molecular weight is 434 g/mol. The van der Waals surface area contributed by atoms with Gasteiger partial charge in [0.05, 0.1) is 11.5 Å². The zero-order valence-corrected chi connectivity index (χ0v) is 18.0. The standard InChI is InChI=1S/C23H25Cl2NO3/c1-28-15-29-21-12-23(13-21,18-5-7-19(24)8-6-18)22(27)26-10-9-17(14-26)16-3-2-4-20(25)11-16/h2-8,11,17,21H,9-10,12-15H2,1H3. The van der Waals surface area contributed by atoms with Gasteiger partial charge in [-0.2, -0.15) is 0 Å². The molecule has 2 aliphatic rings. The van der Waals surface area contributed by atoms with Crippen molar-refractivity contribution in [2.24, 2.45) is 0 Å². The lowest BCUT2D eigenvalue weighted by molar-refractivity contribution is -0.157. The third kappa shape index (κ3) is 4.17. The predicted molar refractivity (Wildman–Crippen MR) is 115 cm³/mol. The van der Waals surface area contributed by atoms with Gasteiger partial charge in [-0.05, 0) is 54.7 Å². The molecule has 1 unspecified atom stereocenters. The van der Waals surface area contributed by atoms with Crippen LogP contribution in [-0.4, -0.2) is 43.9 Å². The summed E-state index contributed by atoms with van der Waals surface area (Å²) in [5.74, 6) is 0.502. The second-order valence-corrected chi connectivity index (χ2v) is 8.86.